The summed E-state index contributed by atoms with van der Waals surface area (Å²) in [5, 5.41) is 13.5. The van der Waals surface area contributed by atoms with Crippen LogP contribution in [0.25, 0.3) is 0 Å². The summed E-state index contributed by atoms with van der Waals surface area (Å²) < 4.78 is 5.10. The van der Waals surface area contributed by atoms with Crippen molar-refractivity contribution in [3.05, 3.63) is 23.8 Å². The standard InChI is InChI=1S/C17H27NO2/c1-13(16-10-9-15(20-2)12-17(16)19)18-11-5-8-14-6-3-4-7-14/h9-10,12-14,18-19H,3-8,11H2,1-2H3. The van der Waals surface area contributed by atoms with Gasteiger partial charge in [0.2, 0.25) is 0 Å². The summed E-state index contributed by atoms with van der Waals surface area (Å²) >= 11 is 0. The summed E-state index contributed by atoms with van der Waals surface area (Å²) in [6.45, 7) is 3.11. The molecule has 3 nitrogen and oxygen atoms in total. The van der Waals surface area contributed by atoms with Crippen LogP contribution in [-0.2, 0) is 0 Å². The lowest BCUT2D eigenvalue weighted by Crippen LogP contribution is -2.20. The van der Waals surface area contributed by atoms with E-state index in [2.05, 4.69) is 12.2 Å². The van der Waals surface area contributed by atoms with Gasteiger partial charge in [-0.1, -0.05) is 31.7 Å². The molecule has 20 heavy (non-hydrogen) atoms. The number of hydrogen-bond donors (Lipinski definition) is 2. The van der Waals surface area contributed by atoms with Crippen LogP contribution in [0.2, 0.25) is 0 Å². The van der Waals surface area contributed by atoms with E-state index >= 15 is 0 Å². The highest BCUT2D eigenvalue weighted by atomic mass is 16.5. The molecule has 0 amide bonds. The van der Waals surface area contributed by atoms with Crippen LogP contribution in [-0.4, -0.2) is 18.8 Å². The molecule has 1 fully saturated rings. The quantitative estimate of drug-likeness (QED) is 0.740. The summed E-state index contributed by atoms with van der Waals surface area (Å²) in [6.07, 6.45) is 8.27. The Bertz CT molecular complexity index is 413. The first-order chi connectivity index (χ1) is 9.70. The van der Waals surface area contributed by atoms with Gasteiger partial charge in [0.05, 0.1) is 7.11 Å². The Morgan fingerprint density at radius 3 is 2.75 bits per heavy atom. The molecular weight excluding hydrogens is 250 g/mol. The van der Waals surface area contributed by atoms with Gasteiger partial charge in [0.1, 0.15) is 11.5 Å². The largest absolute Gasteiger partial charge is 0.507 e. The number of phenolic OH excluding ortho intramolecular Hbond substituents is 1. The van der Waals surface area contributed by atoms with Crippen LogP contribution in [0.1, 0.15) is 57.1 Å². The zero-order chi connectivity index (χ0) is 14.4. The van der Waals surface area contributed by atoms with Gasteiger partial charge in [-0.2, -0.15) is 0 Å². The molecule has 112 valence electrons. The van der Waals surface area contributed by atoms with E-state index in [1.807, 2.05) is 12.1 Å². The number of benzene rings is 1. The minimum Gasteiger partial charge on any atom is -0.507 e. The molecule has 1 aliphatic carbocycles. The van der Waals surface area contributed by atoms with Crippen molar-refractivity contribution in [2.45, 2.75) is 51.5 Å². The highest BCUT2D eigenvalue weighted by Gasteiger charge is 2.15. The van der Waals surface area contributed by atoms with E-state index in [9.17, 15) is 5.11 Å². The first-order valence-corrected chi connectivity index (χ1v) is 7.81. The molecule has 0 radical (unpaired) electrons. The van der Waals surface area contributed by atoms with Crippen LogP contribution >= 0.6 is 0 Å². The number of ether oxygens (including phenoxy) is 1. The Kier molecular flexibility index (Phi) is 5.72. The highest BCUT2D eigenvalue weighted by molar-refractivity contribution is 5.41. The van der Waals surface area contributed by atoms with Gasteiger partial charge < -0.3 is 15.2 Å². The Balaban J connectivity index is 1.74. The van der Waals surface area contributed by atoms with Crippen molar-refractivity contribution in [1.29, 1.82) is 0 Å². The van der Waals surface area contributed by atoms with E-state index in [0.29, 0.717) is 11.5 Å². The number of aromatic hydroxyl groups is 1. The predicted molar refractivity (Wildman–Crippen MR) is 82.3 cm³/mol. The van der Waals surface area contributed by atoms with E-state index in [1.165, 1.54) is 38.5 Å². The maximum Gasteiger partial charge on any atom is 0.124 e. The molecule has 0 spiro atoms. The first-order valence-electron chi connectivity index (χ1n) is 7.81. The molecule has 0 saturated heterocycles. The Morgan fingerprint density at radius 1 is 1.35 bits per heavy atom. The van der Waals surface area contributed by atoms with Crippen LogP contribution in [0, 0.1) is 5.92 Å². The molecule has 2 rings (SSSR count). The average Bonchev–Trinajstić information content (AvgIpc) is 2.96. The molecule has 3 heteroatoms. The number of methoxy groups -OCH3 is 1. The normalized spacial score (nSPS) is 17.3. The molecule has 1 atom stereocenters. The molecule has 0 bridgehead atoms. The Labute approximate surface area is 122 Å². The summed E-state index contributed by atoms with van der Waals surface area (Å²) in [7, 11) is 1.61. The van der Waals surface area contributed by atoms with E-state index in [0.717, 1.165) is 18.0 Å². The predicted octanol–water partition coefficient (Wildman–Crippen LogP) is 4.02. The third-order valence-corrected chi connectivity index (χ3v) is 4.42. The molecule has 0 heterocycles. The van der Waals surface area contributed by atoms with Crippen LogP contribution in [0.3, 0.4) is 0 Å². The van der Waals surface area contributed by atoms with E-state index in [1.54, 1.807) is 13.2 Å². The molecule has 0 aliphatic heterocycles. The van der Waals surface area contributed by atoms with E-state index in [-0.39, 0.29) is 6.04 Å². The fourth-order valence-electron chi connectivity index (χ4n) is 3.13. The Hall–Kier alpha value is -1.22. The van der Waals surface area contributed by atoms with Gasteiger partial charge in [-0.15, -0.1) is 0 Å². The number of nitrogens with one attached hydrogen (secondary N) is 1. The van der Waals surface area contributed by atoms with Crippen molar-refractivity contribution in [1.82, 2.24) is 5.32 Å². The molecule has 1 aromatic rings. The average molecular weight is 277 g/mol. The second-order valence-electron chi connectivity index (χ2n) is 5.89. The van der Waals surface area contributed by atoms with Crippen molar-refractivity contribution in [3.8, 4) is 11.5 Å². The summed E-state index contributed by atoms with van der Waals surface area (Å²) in [4.78, 5) is 0. The molecule has 1 saturated carbocycles. The lowest BCUT2D eigenvalue weighted by atomic mass is 10.0. The molecule has 1 aromatic carbocycles. The fraction of sp³-hybridized carbons (Fsp3) is 0.647. The van der Waals surface area contributed by atoms with Crippen molar-refractivity contribution >= 4 is 0 Å². The molecule has 1 aliphatic rings. The lowest BCUT2D eigenvalue weighted by molar-refractivity contribution is 0.403. The van der Waals surface area contributed by atoms with Crippen molar-refractivity contribution in [2.75, 3.05) is 13.7 Å². The van der Waals surface area contributed by atoms with Gasteiger partial charge >= 0.3 is 0 Å². The van der Waals surface area contributed by atoms with Gasteiger partial charge in [0.15, 0.2) is 0 Å². The van der Waals surface area contributed by atoms with Crippen molar-refractivity contribution < 1.29 is 9.84 Å². The fourth-order valence-corrected chi connectivity index (χ4v) is 3.13. The minimum atomic E-state index is 0.171. The first kappa shape index (κ1) is 15.2. The van der Waals surface area contributed by atoms with Crippen molar-refractivity contribution in [2.24, 2.45) is 5.92 Å². The van der Waals surface area contributed by atoms with Gasteiger partial charge in [0, 0.05) is 17.7 Å². The highest BCUT2D eigenvalue weighted by Crippen LogP contribution is 2.29. The SMILES string of the molecule is COc1ccc(C(C)NCCCC2CCCC2)c(O)c1. The van der Waals surface area contributed by atoms with Crippen LogP contribution in [0.4, 0.5) is 0 Å². The molecule has 1 unspecified atom stereocenters. The summed E-state index contributed by atoms with van der Waals surface area (Å²) in [5.41, 5.74) is 0.937. The zero-order valence-corrected chi connectivity index (χ0v) is 12.7. The number of hydrogen-bond acceptors (Lipinski definition) is 3. The van der Waals surface area contributed by atoms with E-state index in [4.69, 9.17) is 4.74 Å². The van der Waals surface area contributed by atoms with Crippen LogP contribution < -0.4 is 10.1 Å². The van der Waals surface area contributed by atoms with E-state index < -0.39 is 0 Å². The summed E-state index contributed by atoms with van der Waals surface area (Å²) in [6, 6.07) is 5.67. The number of phenols is 1. The monoisotopic (exact) mass is 277 g/mol. The number of rotatable bonds is 7. The molecular formula is C17H27NO2. The topological polar surface area (TPSA) is 41.5 Å². The minimum absolute atomic E-state index is 0.171. The van der Waals surface area contributed by atoms with Gasteiger partial charge in [0.25, 0.3) is 0 Å². The lowest BCUT2D eigenvalue weighted by Gasteiger charge is -2.17. The second-order valence-corrected chi connectivity index (χ2v) is 5.89. The second kappa shape index (κ2) is 7.53. The third-order valence-electron chi connectivity index (χ3n) is 4.42. The summed E-state index contributed by atoms with van der Waals surface area (Å²) in [5.74, 6) is 1.96. The third kappa shape index (κ3) is 4.14. The van der Waals surface area contributed by atoms with Gasteiger partial charge in [-0.3, -0.25) is 0 Å². The maximum atomic E-state index is 10.0. The Morgan fingerprint density at radius 2 is 2.10 bits per heavy atom. The smallest absolute Gasteiger partial charge is 0.124 e. The van der Waals surface area contributed by atoms with Gasteiger partial charge in [-0.25, -0.2) is 0 Å². The van der Waals surface area contributed by atoms with Crippen molar-refractivity contribution in [3.63, 3.8) is 0 Å². The molecule has 0 aromatic heterocycles. The van der Waals surface area contributed by atoms with Crippen LogP contribution in [0.5, 0.6) is 11.5 Å². The van der Waals surface area contributed by atoms with Crippen LogP contribution in [0.15, 0.2) is 18.2 Å². The zero-order valence-electron chi connectivity index (χ0n) is 12.7. The maximum absolute atomic E-state index is 10.0. The molecule has 2 N–H and O–H groups in total. The van der Waals surface area contributed by atoms with Gasteiger partial charge in [-0.05, 0) is 38.3 Å².